The summed E-state index contributed by atoms with van der Waals surface area (Å²) in [6.07, 6.45) is 4.02. The lowest BCUT2D eigenvalue weighted by molar-refractivity contribution is -0.115. The fourth-order valence-electron chi connectivity index (χ4n) is 3.65. The molecule has 170 valence electrons. The molecule has 0 aliphatic heterocycles. The molecule has 9 heteroatoms. The van der Waals surface area contributed by atoms with Crippen molar-refractivity contribution in [3.05, 3.63) is 70.4 Å². The number of anilines is 2. The third-order valence-electron chi connectivity index (χ3n) is 5.73. The van der Waals surface area contributed by atoms with Gasteiger partial charge in [0.2, 0.25) is 5.91 Å². The van der Waals surface area contributed by atoms with E-state index in [1.165, 1.54) is 16.9 Å². The number of aromatic nitrogens is 4. The molecule has 7 nitrogen and oxygen atoms in total. The zero-order chi connectivity index (χ0) is 22.9. The van der Waals surface area contributed by atoms with Gasteiger partial charge in [-0.1, -0.05) is 17.8 Å². The third kappa shape index (κ3) is 4.74. The Morgan fingerprint density at radius 3 is 2.79 bits per heavy atom. The van der Waals surface area contributed by atoms with Crippen molar-refractivity contribution in [3.8, 4) is 0 Å². The molecule has 4 aromatic rings. The molecule has 0 bridgehead atoms. The molecular weight excluding hydrogens is 454 g/mol. The standard InChI is InChI=1S/C24H25N5O2S2/c1-15-6-9-20(11-16(15)2)29(17(3)30)23-25-19(13-32-23)14-33-24-27-26-22(18-7-8-18)28(24)12-21-5-4-10-31-21/h4-6,9-11,13,18H,7-8,12,14H2,1-3H3. The topological polar surface area (TPSA) is 77.1 Å². The second kappa shape index (κ2) is 9.15. The van der Waals surface area contributed by atoms with Crippen molar-refractivity contribution in [2.45, 2.75) is 57.0 Å². The van der Waals surface area contributed by atoms with Crippen LogP contribution >= 0.6 is 23.1 Å². The van der Waals surface area contributed by atoms with E-state index in [4.69, 9.17) is 9.40 Å². The Kier molecular flexibility index (Phi) is 6.07. The van der Waals surface area contributed by atoms with Crippen molar-refractivity contribution >= 4 is 39.8 Å². The number of furan rings is 1. The Bertz CT molecular complexity index is 1270. The number of thioether (sulfide) groups is 1. The van der Waals surface area contributed by atoms with E-state index in [0.717, 1.165) is 46.5 Å². The summed E-state index contributed by atoms with van der Waals surface area (Å²) in [5, 5.41) is 12.5. The second-order valence-electron chi connectivity index (χ2n) is 8.31. The fourth-order valence-corrected chi connectivity index (χ4v) is 5.48. The maximum atomic E-state index is 12.5. The molecule has 1 aliphatic carbocycles. The predicted molar refractivity (Wildman–Crippen MR) is 130 cm³/mol. The Balaban J connectivity index is 1.34. The van der Waals surface area contributed by atoms with Crippen LogP contribution in [-0.2, 0) is 17.1 Å². The van der Waals surface area contributed by atoms with E-state index in [0.29, 0.717) is 23.3 Å². The van der Waals surface area contributed by atoms with E-state index in [1.807, 2.05) is 35.7 Å². The van der Waals surface area contributed by atoms with Gasteiger partial charge >= 0.3 is 0 Å². The molecule has 0 atom stereocenters. The summed E-state index contributed by atoms with van der Waals surface area (Å²) in [5.41, 5.74) is 4.10. The molecule has 1 fully saturated rings. The van der Waals surface area contributed by atoms with E-state index in [-0.39, 0.29) is 5.91 Å². The van der Waals surface area contributed by atoms with E-state index in [2.05, 4.69) is 28.6 Å². The van der Waals surface area contributed by atoms with Crippen molar-refractivity contribution in [3.63, 3.8) is 0 Å². The SMILES string of the molecule is CC(=O)N(c1ccc(C)c(C)c1)c1nc(CSc2nnc(C3CC3)n2Cc2ccco2)cs1. The molecular formula is C24H25N5O2S2. The molecule has 0 saturated heterocycles. The van der Waals surface area contributed by atoms with Crippen LogP contribution in [0.3, 0.4) is 0 Å². The van der Waals surface area contributed by atoms with Crippen LogP contribution in [0, 0.1) is 13.8 Å². The number of benzene rings is 1. The van der Waals surface area contributed by atoms with Gasteiger partial charge in [0.1, 0.15) is 11.6 Å². The molecule has 3 heterocycles. The van der Waals surface area contributed by atoms with Gasteiger partial charge in [-0.3, -0.25) is 14.3 Å². The molecule has 1 saturated carbocycles. The van der Waals surface area contributed by atoms with Gasteiger partial charge in [0, 0.05) is 24.0 Å². The van der Waals surface area contributed by atoms with Gasteiger partial charge in [0.15, 0.2) is 10.3 Å². The molecule has 1 amide bonds. The molecule has 1 aliphatic rings. The summed E-state index contributed by atoms with van der Waals surface area (Å²) in [6, 6.07) is 9.91. The molecule has 1 aromatic carbocycles. The first kappa shape index (κ1) is 21.9. The highest BCUT2D eigenvalue weighted by Gasteiger charge is 2.30. The predicted octanol–water partition coefficient (Wildman–Crippen LogP) is 5.85. The zero-order valence-corrected chi connectivity index (χ0v) is 20.4. The lowest BCUT2D eigenvalue weighted by atomic mass is 10.1. The molecule has 0 unspecified atom stereocenters. The first-order chi connectivity index (χ1) is 16.0. The number of carbonyl (C=O) groups is 1. The van der Waals surface area contributed by atoms with Gasteiger partial charge in [0.25, 0.3) is 0 Å². The molecule has 0 radical (unpaired) electrons. The third-order valence-corrected chi connectivity index (χ3v) is 7.60. The van der Waals surface area contributed by atoms with Crippen LogP contribution in [0.15, 0.2) is 51.5 Å². The van der Waals surface area contributed by atoms with Crippen molar-refractivity contribution in [1.82, 2.24) is 19.7 Å². The quantitative estimate of drug-likeness (QED) is 0.295. The van der Waals surface area contributed by atoms with Gasteiger partial charge in [-0.2, -0.15) is 0 Å². The number of nitrogens with zero attached hydrogens (tertiary/aromatic N) is 5. The second-order valence-corrected chi connectivity index (χ2v) is 10.1. The maximum absolute atomic E-state index is 12.5. The number of aryl methyl sites for hydroxylation is 2. The molecule has 5 rings (SSSR count). The van der Waals surface area contributed by atoms with Crippen LogP contribution in [0.2, 0.25) is 0 Å². The van der Waals surface area contributed by atoms with Crippen LogP contribution in [0.5, 0.6) is 0 Å². The highest BCUT2D eigenvalue weighted by Crippen LogP contribution is 2.40. The average Bonchev–Trinajstić information content (AvgIpc) is 3.15. The largest absolute Gasteiger partial charge is 0.467 e. The summed E-state index contributed by atoms with van der Waals surface area (Å²) < 4.78 is 7.71. The zero-order valence-electron chi connectivity index (χ0n) is 18.8. The normalized spacial score (nSPS) is 13.4. The summed E-state index contributed by atoms with van der Waals surface area (Å²) in [7, 11) is 0. The number of carbonyl (C=O) groups excluding carboxylic acids is 1. The molecule has 0 spiro atoms. The molecule has 33 heavy (non-hydrogen) atoms. The van der Waals surface area contributed by atoms with Gasteiger partial charge in [0.05, 0.1) is 24.2 Å². The van der Waals surface area contributed by atoms with Crippen LogP contribution in [0.1, 0.15) is 54.1 Å². The van der Waals surface area contributed by atoms with Gasteiger partial charge in [-0.15, -0.1) is 21.5 Å². The Morgan fingerprint density at radius 1 is 1.24 bits per heavy atom. The van der Waals surface area contributed by atoms with Crippen LogP contribution in [0.25, 0.3) is 0 Å². The van der Waals surface area contributed by atoms with Gasteiger partial charge < -0.3 is 4.42 Å². The number of hydrogen-bond donors (Lipinski definition) is 0. The summed E-state index contributed by atoms with van der Waals surface area (Å²) in [5.74, 6) is 3.01. The number of amides is 1. The highest BCUT2D eigenvalue weighted by atomic mass is 32.2. The summed E-state index contributed by atoms with van der Waals surface area (Å²) in [4.78, 5) is 18.9. The average molecular weight is 480 g/mol. The van der Waals surface area contributed by atoms with Crippen molar-refractivity contribution in [1.29, 1.82) is 0 Å². The minimum atomic E-state index is -0.0564. The number of rotatable bonds is 8. The lowest BCUT2D eigenvalue weighted by Crippen LogP contribution is -2.22. The smallest absolute Gasteiger partial charge is 0.230 e. The van der Waals surface area contributed by atoms with Crippen LogP contribution < -0.4 is 4.90 Å². The van der Waals surface area contributed by atoms with E-state index in [9.17, 15) is 4.79 Å². The fraction of sp³-hybridized carbons (Fsp3) is 0.333. The van der Waals surface area contributed by atoms with Gasteiger partial charge in [-0.05, 0) is 62.1 Å². The summed E-state index contributed by atoms with van der Waals surface area (Å²) in [6.45, 7) is 6.31. The summed E-state index contributed by atoms with van der Waals surface area (Å²) >= 11 is 3.09. The van der Waals surface area contributed by atoms with Crippen molar-refractivity contribution in [2.75, 3.05) is 4.90 Å². The van der Waals surface area contributed by atoms with Gasteiger partial charge in [-0.25, -0.2) is 4.98 Å². The Morgan fingerprint density at radius 2 is 2.09 bits per heavy atom. The first-order valence-electron chi connectivity index (χ1n) is 10.9. The monoisotopic (exact) mass is 479 g/mol. The molecule has 3 aromatic heterocycles. The number of thiazole rings is 1. The Labute approximate surface area is 200 Å². The Hall–Kier alpha value is -2.91. The van der Waals surface area contributed by atoms with Crippen LogP contribution in [0.4, 0.5) is 10.8 Å². The minimum Gasteiger partial charge on any atom is -0.467 e. The number of hydrogen-bond acceptors (Lipinski definition) is 7. The van der Waals surface area contributed by atoms with E-state index in [1.54, 1.807) is 29.8 Å². The van der Waals surface area contributed by atoms with Crippen molar-refractivity contribution in [2.24, 2.45) is 0 Å². The van der Waals surface area contributed by atoms with Crippen LogP contribution in [-0.4, -0.2) is 25.7 Å². The molecule has 0 N–H and O–H groups in total. The minimum absolute atomic E-state index is 0.0564. The first-order valence-corrected chi connectivity index (χ1v) is 12.8. The highest BCUT2D eigenvalue weighted by molar-refractivity contribution is 7.98. The maximum Gasteiger partial charge on any atom is 0.230 e. The van der Waals surface area contributed by atoms with E-state index < -0.39 is 0 Å². The van der Waals surface area contributed by atoms with E-state index >= 15 is 0 Å². The van der Waals surface area contributed by atoms with Crippen molar-refractivity contribution < 1.29 is 9.21 Å². The lowest BCUT2D eigenvalue weighted by Gasteiger charge is -2.19.